The average molecular weight is 106 g/mol. The molecule has 0 heterocycles. The van der Waals surface area contributed by atoms with Gasteiger partial charge in [0.1, 0.15) is 0 Å². The topological polar surface area (TPSA) is 52.0 Å². The molecule has 6 heavy (non-hydrogen) atoms. The summed E-state index contributed by atoms with van der Waals surface area (Å²) in [6.45, 7) is 0. The largest absolute Gasteiger partial charge is 0.289 e. The van der Waals surface area contributed by atoms with Gasteiger partial charge in [-0.1, -0.05) is 0 Å². The fourth-order valence-electron chi connectivity index (χ4n) is 0. The van der Waals surface area contributed by atoms with Crippen molar-refractivity contribution in [2.45, 2.75) is 0 Å². The Labute approximate surface area is 40.4 Å². The van der Waals surface area contributed by atoms with Crippen LogP contribution in [0.15, 0.2) is 0 Å². The van der Waals surface area contributed by atoms with Crippen molar-refractivity contribution >= 4 is 15.6 Å². The highest BCUT2D eigenvalue weighted by atomic mass is 32.2. The summed E-state index contributed by atoms with van der Waals surface area (Å²) in [6.07, 6.45) is 3.96. The van der Waals surface area contributed by atoms with Crippen molar-refractivity contribution in [3.8, 4) is 0 Å². The molecule has 4 N–H and O–H groups in total. The first kappa shape index (κ1) is 6.14. The summed E-state index contributed by atoms with van der Waals surface area (Å²) in [6, 6.07) is 0. The van der Waals surface area contributed by atoms with E-state index in [4.69, 9.17) is 11.5 Å². The summed E-state index contributed by atoms with van der Waals surface area (Å²) in [4.78, 5) is 0. The fourth-order valence-corrected chi connectivity index (χ4v) is 0. The van der Waals surface area contributed by atoms with Gasteiger partial charge in [0.15, 0.2) is 0 Å². The monoisotopic (exact) mass is 106 g/mol. The predicted molar refractivity (Wildman–Crippen MR) is 32.8 cm³/mol. The lowest BCUT2D eigenvalue weighted by Crippen LogP contribution is -2.22. The minimum absolute atomic E-state index is 0.105. The van der Waals surface area contributed by atoms with Crippen LogP contribution in [-0.2, 0) is 0 Å². The molecule has 0 atom stereocenters. The Hall–Kier alpha value is 0.140. The maximum atomic E-state index is 5.14. The lowest BCUT2D eigenvalue weighted by molar-refractivity contribution is 1.65. The number of rotatable bonds is 0. The second-order valence-electron chi connectivity index (χ2n) is 1.22. The fraction of sp³-hybridized carbons (Fsp3) is 0.667. The van der Waals surface area contributed by atoms with Crippen molar-refractivity contribution in [1.82, 2.24) is 0 Å². The third kappa shape index (κ3) is 2.38. The highest BCUT2D eigenvalue weighted by molar-refractivity contribution is 8.14. The molecule has 0 fully saturated rings. The van der Waals surface area contributed by atoms with Crippen molar-refractivity contribution in [2.24, 2.45) is 11.5 Å². The molecule has 0 saturated heterocycles. The lowest BCUT2D eigenvalue weighted by atomic mass is 11.3. The van der Waals surface area contributed by atoms with Crippen LogP contribution in [0.4, 0.5) is 0 Å². The summed E-state index contributed by atoms with van der Waals surface area (Å²) in [5.41, 5.74) is 10.3. The Balaban J connectivity index is 3.68. The summed E-state index contributed by atoms with van der Waals surface area (Å²) in [5.74, 6) is 0. The maximum absolute atomic E-state index is 5.14. The molecule has 0 aliphatic carbocycles. The van der Waals surface area contributed by atoms with Gasteiger partial charge in [-0.25, -0.2) is 0 Å². The first-order valence-corrected chi connectivity index (χ1v) is 3.64. The van der Waals surface area contributed by atoms with Gasteiger partial charge in [0.25, 0.3) is 0 Å². The predicted octanol–water partition coefficient (Wildman–Crippen LogP) is -0.480. The maximum Gasteiger partial charge on any atom is 0.0769 e. The van der Waals surface area contributed by atoms with Crippen molar-refractivity contribution in [2.75, 3.05) is 12.5 Å². The molecule has 0 aliphatic rings. The number of nitrogens with two attached hydrogens (primary N) is 2. The Kier molecular flexibility index (Phi) is 2.39. The molecular weight excluding hydrogens is 96.1 g/mol. The van der Waals surface area contributed by atoms with E-state index in [2.05, 4.69) is 0 Å². The zero-order chi connectivity index (χ0) is 5.15. The molecule has 0 aromatic carbocycles. The summed E-state index contributed by atoms with van der Waals surface area (Å²) in [7, 11) is 0.105. The standard InChI is InChI=1S/C3H10N2S/c1-6(2)3(4)5/h4-5H2,1-2H3. The van der Waals surface area contributed by atoms with Gasteiger partial charge in [0, 0.05) is 0 Å². The molecule has 0 bridgehead atoms. The molecule has 0 radical (unpaired) electrons. The molecular formula is C3H10N2S. The van der Waals surface area contributed by atoms with E-state index in [0.717, 1.165) is 0 Å². The molecule has 2 nitrogen and oxygen atoms in total. The molecule has 0 amide bonds. The van der Waals surface area contributed by atoms with Crippen molar-refractivity contribution in [3.05, 3.63) is 0 Å². The van der Waals surface area contributed by atoms with Crippen LogP contribution in [-0.4, -0.2) is 17.6 Å². The third-order valence-corrected chi connectivity index (χ3v) is 1.41. The van der Waals surface area contributed by atoms with Crippen molar-refractivity contribution in [3.63, 3.8) is 0 Å². The van der Waals surface area contributed by atoms with Crippen LogP contribution in [0.5, 0.6) is 0 Å². The quantitative estimate of drug-likeness (QED) is 0.410. The summed E-state index contributed by atoms with van der Waals surface area (Å²) in [5, 5.41) is 0.537. The molecule has 0 unspecified atom stereocenters. The molecule has 0 aromatic rings. The normalized spacial score (nSPS) is 9.50. The average Bonchev–Trinajstić information content (AvgIpc) is 1.36. The minimum Gasteiger partial charge on any atom is -0.289 e. The van der Waals surface area contributed by atoms with E-state index in [1.54, 1.807) is 0 Å². The summed E-state index contributed by atoms with van der Waals surface area (Å²) >= 11 is 0. The zero-order valence-electron chi connectivity index (χ0n) is 4.06. The lowest BCUT2D eigenvalue weighted by Gasteiger charge is -1.90. The van der Waals surface area contributed by atoms with Crippen LogP contribution < -0.4 is 11.5 Å². The first-order chi connectivity index (χ1) is 2.64. The van der Waals surface area contributed by atoms with Gasteiger partial charge in [-0.3, -0.25) is 11.5 Å². The molecule has 0 rings (SSSR count). The van der Waals surface area contributed by atoms with Crippen molar-refractivity contribution < 1.29 is 0 Å². The highest BCUT2D eigenvalue weighted by Crippen LogP contribution is 1.92. The molecule has 38 valence electrons. The van der Waals surface area contributed by atoms with Crippen LogP contribution in [0, 0.1) is 0 Å². The number of hydrogen-bond donors (Lipinski definition) is 2. The van der Waals surface area contributed by atoms with Crippen LogP contribution in [0.25, 0.3) is 0 Å². The van der Waals surface area contributed by atoms with Gasteiger partial charge in [0.2, 0.25) is 0 Å². The van der Waals surface area contributed by atoms with E-state index in [-0.39, 0.29) is 10.5 Å². The van der Waals surface area contributed by atoms with Gasteiger partial charge in [0.05, 0.1) is 5.11 Å². The summed E-state index contributed by atoms with van der Waals surface area (Å²) < 4.78 is 0. The number of hydrogen-bond acceptors (Lipinski definition) is 0. The molecule has 0 aliphatic heterocycles. The Bertz CT molecular complexity index is 58.9. The molecule has 3 heteroatoms. The van der Waals surface area contributed by atoms with Crippen LogP contribution in [0.1, 0.15) is 0 Å². The Morgan fingerprint density at radius 3 is 1.50 bits per heavy atom. The van der Waals surface area contributed by atoms with E-state index < -0.39 is 0 Å². The van der Waals surface area contributed by atoms with Crippen LogP contribution in [0.3, 0.4) is 0 Å². The zero-order valence-corrected chi connectivity index (χ0v) is 4.88. The third-order valence-electron chi connectivity index (χ3n) is 0.471. The van der Waals surface area contributed by atoms with Crippen LogP contribution in [0.2, 0.25) is 0 Å². The van der Waals surface area contributed by atoms with E-state index in [1.807, 2.05) is 12.5 Å². The van der Waals surface area contributed by atoms with Gasteiger partial charge < -0.3 is 0 Å². The second-order valence-corrected chi connectivity index (χ2v) is 3.32. The Morgan fingerprint density at radius 2 is 1.50 bits per heavy atom. The minimum atomic E-state index is 0.105. The van der Waals surface area contributed by atoms with E-state index in [9.17, 15) is 0 Å². The Morgan fingerprint density at radius 1 is 1.33 bits per heavy atom. The first-order valence-electron chi connectivity index (χ1n) is 1.60. The highest BCUT2D eigenvalue weighted by Gasteiger charge is 1.73. The van der Waals surface area contributed by atoms with E-state index in [0.29, 0.717) is 5.11 Å². The van der Waals surface area contributed by atoms with Gasteiger partial charge >= 0.3 is 0 Å². The van der Waals surface area contributed by atoms with E-state index in [1.165, 1.54) is 0 Å². The molecule has 0 saturated carbocycles. The van der Waals surface area contributed by atoms with Crippen molar-refractivity contribution in [1.29, 1.82) is 0 Å². The molecule has 0 spiro atoms. The van der Waals surface area contributed by atoms with E-state index >= 15 is 0 Å². The van der Waals surface area contributed by atoms with Crippen LogP contribution >= 0.6 is 10.5 Å². The van der Waals surface area contributed by atoms with Gasteiger partial charge in [-0.05, 0) is 12.5 Å². The SMILES string of the molecule is CS(C)=C(N)N. The van der Waals surface area contributed by atoms with Gasteiger partial charge in [-0.2, -0.15) is 10.5 Å². The van der Waals surface area contributed by atoms with Gasteiger partial charge in [-0.15, -0.1) is 0 Å². The smallest absolute Gasteiger partial charge is 0.0769 e. The second kappa shape index (κ2) is 2.34. The molecule has 0 aromatic heterocycles.